The van der Waals surface area contributed by atoms with E-state index in [-0.39, 0.29) is 6.04 Å². The first-order valence-corrected chi connectivity index (χ1v) is 7.16. The summed E-state index contributed by atoms with van der Waals surface area (Å²) in [6.45, 7) is 0. The van der Waals surface area contributed by atoms with Gasteiger partial charge in [-0.3, -0.25) is 0 Å². The summed E-state index contributed by atoms with van der Waals surface area (Å²) in [5, 5.41) is 4.98. The predicted octanol–water partition coefficient (Wildman–Crippen LogP) is 4.96. The fourth-order valence-corrected chi connectivity index (χ4v) is 2.87. The molecule has 0 spiro atoms. The van der Waals surface area contributed by atoms with Crippen LogP contribution in [0.25, 0.3) is 0 Å². The molecule has 106 valence electrons. The van der Waals surface area contributed by atoms with Crippen molar-refractivity contribution in [1.82, 2.24) is 5.32 Å². The summed E-state index contributed by atoms with van der Waals surface area (Å²) in [6.07, 6.45) is 0. The van der Waals surface area contributed by atoms with Crippen LogP contribution in [0.3, 0.4) is 0 Å². The first kappa shape index (κ1) is 15.5. The molecule has 0 amide bonds. The zero-order valence-corrected chi connectivity index (χ0v) is 13.4. The van der Waals surface area contributed by atoms with E-state index >= 15 is 0 Å². The number of benzene rings is 2. The van der Waals surface area contributed by atoms with Gasteiger partial charge in [-0.25, -0.2) is 0 Å². The van der Waals surface area contributed by atoms with E-state index in [9.17, 15) is 0 Å². The summed E-state index contributed by atoms with van der Waals surface area (Å²) in [5.41, 5.74) is 1.80. The first-order valence-electron chi connectivity index (χ1n) is 6.03. The summed E-state index contributed by atoms with van der Waals surface area (Å²) in [4.78, 5) is 0. The third kappa shape index (κ3) is 3.04. The first-order chi connectivity index (χ1) is 9.58. The van der Waals surface area contributed by atoms with Gasteiger partial charge in [0.15, 0.2) is 0 Å². The van der Waals surface area contributed by atoms with E-state index in [1.807, 2.05) is 31.3 Å². The standard InChI is InChI=1S/C15H14Cl3NO/c1-19-15(9-5-3-4-6-11(9)16)10-7-13(18)14(20-2)8-12(10)17/h3-8,15,19H,1-2H3. The predicted molar refractivity (Wildman–Crippen MR) is 85.4 cm³/mol. The van der Waals surface area contributed by atoms with Crippen molar-refractivity contribution in [2.24, 2.45) is 0 Å². The van der Waals surface area contributed by atoms with Gasteiger partial charge >= 0.3 is 0 Å². The van der Waals surface area contributed by atoms with Crippen molar-refractivity contribution in [2.45, 2.75) is 6.04 Å². The SMILES string of the molecule is CNC(c1ccccc1Cl)c1cc(Cl)c(OC)cc1Cl. The van der Waals surface area contributed by atoms with Crippen LogP contribution in [0.4, 0.5) is 0 Å². The van der Waals surface area contributed by atoms with Crippen LogP contribution in [0.2, 0.25) is 15.1 Å². The van der Waals surface area contributed by atoms with Crippen LogP contribution in [0.5, 0.6) is 5.75 Å². The van der Waals surface area contributed by atoms with Gasteiger partial charge in [-0.05, 0) is 30.3 Å². The summed E-state index contributed by atoms with van der Waals surface area (Å²) in [7, 11) is 3.41. The molecule has 0 bridgehead atoms. The Balaban J connectivity index is 2.53. The molecule has 0 aliphatic carbocycles. The third-order valence-corrected chi connectivity index (χ3v) is 4.05. The van der Waals surface area contributed by atoms with Gasteiger partial charge in [0.2, 0.25) is 0 Å². The molecular weight excluding hydrogens is 317 g/mol. The minimum absolute atomic E-state index is 0.139. The second-order valence-electron chi connectivity index (χ2n) is 4.25. The fraction of sp³-hybridized carbons (Fsp3) is 0.200. The van der Waals surface area contributed by atoms with E-state index in [1.54, 1.807) is 19.2 Å². The second-order valence-corrected chi connectivity index (χ2v) is 5.47. The summed E-state index contributed by atoms with van der Waals surface area (Å²) >= 11 is 18.8. The lowest BCUT2D eigenvalue weighted by atomic mass is 9.98. The molecule has 0 aromatic heterocycles. The van der Waals surface area contributed by atoms with Gasteiger partial charge in [0, 0.05) is 16.1 Å². The van der Waals surface area contributed by atoms with Crippen molar-refractivity contribution in [3.05, 3.63) is 62.6 Å². The van der Waals surface area contributed by atoms with Crippen LogP contribution in [-0.2, 0) is 0 Å². The summed E-state index contributed by atoms with van der Waals surface area (Å²) in [6, 6.07) is 11.0. The lowest BCUT2D eigenvalue weighted by Gasteiger charge is -2.20. The molecule has 1 atom stereocenters. The zero-order chi connectivity index (χ0) is 14.7. The van der Waals surface area contributed by atoms with Gasteiger partial charge in [0.25, 0.3) is 0 Å². The Labute approximate surface area is 133 Å². The van der Waals surface area contributed by atoms with Crippen LogP contribution in [-0.4, -0.2) is 14.2 Å². The minimum Gasteiger partial charge on any atom is -0.495 e. The molecule has 0 saturated heterocycles. The van der Waals surface area contributed by atoms with Crippen molar-refractivity contribution in [1.29, 1.82) is 0 Å². The quantitative estimate of drug-likeness (QED) is 0.855. The fourth-order valence-electron chi connectivity index (χ4n) is 2.11. The maximum atomic E-state index is 6.33. The molecular formula is C15H14Cl3NO. The molecule has 2 nitrogen and oxygen atoms in total. The monoisotopic (exact) mass is 329 g/mol. The Bertz CT molecular complexity index is 616. The Morgan fingerprint density at radius 2 is 1.65 bits per heavy atom. The van der Waals surface area contributed by atoms with Crippen LogP contribution in [0, 0.1) is 0 Å². The zero-order valence-electron chi connectivity index (χ0n) is 11.1. The molecule has 20 heavy (non-hydrogen) atoms. The summed E-state index contributed by atoms with van der Waals surface area (Å²) in [5.74, 6) is 0.550. The molecule has 0 heterocycles. The normalized spacial score (nSPS) is 12.2. The van der Waals surface area contributed by atoms with Gasteiger partial charge < -0.3 is 10.1 Å². The third-order valence-electron chi connectivity index (χ3n) is 3.09. The Morgan fingerprint density at radius 3 is 2.25 bits per heavy atom. The molecule has 5 heteroatoms. The molecule has 2 aromatic rings. The number of hydrogen-bond acceptors (Lipinski definition) is 2. The van der Waals surface area contributed by atoms with Crippen molar-refractivity contribution in [2.75, 3.05) is 14.2 Å². The maximum Gasteiger partial charge on any atom is 0.138 e. The number of rotatable bonds is 4. The molecule has 0 fully saturated rings. The number of nitrogens with one attached hydrogen (secondary N) is 1. The highest BCUT2D eigenvalue weighted by Gasteiger charge is 2.19. The van der Waals surface area contributed by atoms with Gasteiger partial charge in [-0.2, -0.15) is 0 Å². The van der Waals surface area contributed by atoms with E-state index < -0.39 is 0 Å². The highest BCUT2D eigenvalue weighted by Crippen LogP contribution is 2.37. The second kappa shape index (κ2) is 6.68. The molecule has 1 unspecified atom stereocenters. The van der Waals surface area contributed by atoms with Gasteiger partial charge in [-0.15, -0.1) is 0 Å². The molecule has 1 N–H and O–H groups in total. The molecule has 0 aliphatic rings. The van der Waals surface area contributed by atoms with Crippen molar-refractivity contribution in [3.63, 3.8) is 0 Å². The highest BCUT2D eigenvalue weighted by atomic mass is 35.5. The van der Waals surface area contributed by atoms with Gasteiger partial charge in [0.1, 0.15) is 5.75 Å². The highest BCUT2D eigenvalue weighted by molar-refractivity contribution is 6.35. The number of hydrogen-bond donors (Lipinski definition) is 1. The Hall–Kier alpha value is -0.930. The molecule has 2 rings (SSSR count). The van der Waals surface area contributed by atoms with E-state index in [2.05, 4.69) is 5.32 Å². The van der Waals surface area contributed by atoms with Crippen LogP contribution in [0.1, 0.15) is 17.2 Å². The Kier molecular flexibility index (Phi) is 5.17. The van der Waals surface area contributed by atoms with Crippen molar-refractivity contribution >= 4 is 34.8 Å². The molecule has 0 aliphatic heterocycles. The average molecular weight is 331 g/mol. The van der Waals surface area contributed by atoms with Crippen molar-refractivity contribution < 1.29 is 4.74 Å². The van der Waals surface area contributed by atoms with Gasteiger partial charge in [0.05, 0.1) is 18.2 Å². The van der Waals surface area contributed by atoms with E-state index in [4.69, 9.17) is 39.5 Å². The van der Waals surface area contributed by atoms with E-state index in [1.165, 1.54) is 0 Å². The molecule has 2 aromatic carbocycles. The number of methoxy groups -OCH3 is 1. The van der Waals surface area contributed by atoms with Crippen LogP contribution < -0.4 is 10.1 Å². The average Bonchev–Trinajstić information content (AvgIpc) is 2.45. The maximum absolute atomic E-state index is 6.33. The minimum atomic E-state index is -0.139. The lowest BCUT2D eigenvalue weighted by molar-refractivity contribution is 0.415. The summed E-state index contributed by atoms with van der Waals surface area (Å²) < 4.78 is 5.16. The van der Waals surface area contributed by atoms with Crippen molar-refractivity contribution in [3.8, 4) is 5.75 Å². The molecule has 0 radical (unpaired) electrons. The Morgan fingerprint density at radius 1 is 0.950 bits per heavy atom. The largest absolute Gasteiger partial charge is 0.495 e. The van der Waals surface area contributed by atoms with E-state index in [0.29, 0.717) is 20.8 Å². The lowest BCUT2D eigenvalue weighted by Crippen LogP contribution is -2.18. The number of ether oxygens (including phenoxy) is 1. The van der Waals surface area contributed by atoms with Gasteiger partial charge in [-0.1, -0.05) is 53.0 Å². The molecule has 0 saturated carbocycles. The van der Waals surface area contributed by atoms with Crippen LogP contribution in [0.15, 0.2) is 36.4 Å². The van der Waals surface area contributed by atoms with Crippen LogP contribution >= 0.6 is 34.8 Å². The number of halogens is 3. The van der Waals surface area contributed by atoms with E-state index in [0.717, 1.165) is 11.1 Å². The smallest absolute Gasteiger partial charge is 0.138 e. The topological polar surface area (TPSA) is 21.3 Å².